The SMILES string of the molecule is COC(=O)c1sc2nc3c(cc2c1N)CN(Cc1ccccc1)CC3. The second-order valence-corrected chi connectivity index (χ2v) is 7.23. The fourth-order valence-corrected chi connectivity index (χ4v) is 4.29. The molecule has 1 aromatic carbocycles. The number of ether oxygens (including phenoxy) is 1. The minimum Gasteiger partial charge on any atom is -0.465 e. The van der Waals surface area contributed by atoms with E-state index in [2.05, 4.69) is 35.2 Å². The summed E-state index contributed by atoms with van der Waals surface area (Å²) in [5.74, 6) is -0.399. The summed E-state index contributed by atoms with van der Waals surface area (Å²) in [5, 5.41) is 0.853. The molecule has 2 aromatic heterocycles. The molecular weight excluding hydrogens is 334 g/mol. The minimum atomic E-state index is -0.399. The van der Waals surface area contributed by atoms with Crippen molar-refractivity contribution in [2.24, 2.45) is 0 Å². The molecule has 0 spiro atoms. The third-order valence-electron chi connectivity index (χ3n) is 4.57. The number of hydrogen-bond donors (Lipinski definition) is 1. The van der Waals surface area contributed by atoms with E-state index in [-0.39, 0.29) is 0 Å². The number of fused-ring (bicyclic) bond motifs is 2. The number of thiophene rings is 1. The van der Waals surface area contributed by atoms with Crippen molar-refractivity contribution >= 4 is 33.2 Å². The van der Waals surface area contributed by atoms with Crippen molar-refractivity contribution in [2.75, 3.05) is 19.4 Å². The topological polar surface area (TPSA) is 68.4 Å². The number of carbonyl (C=O) groups excluding carboxylic acids is 1. The van der Waals surface area contributed by atoms with Gasteiger partial charge >= 0.3 is 5.97 Å². The summed E-state index contributed by atoms with van der Waals surface area (Å²) in [6.07, 6.45) is 0.906. The van der Waals surface area contributed by atoms with Gasteiger partial charge in [-0.05, 0) is 17.2 Å². The first-order valence-electron chi connectivity index (χ1n) is 8.21. The van der Waals surface area contributed by atoms with Gasteiger partial charge in [-0.15, -0.1) is 11.3 Å². The van der Waals surface area contributed by atoms with Crippen molar-refractivity contribution < 1.29 is 9.53 Å². The van der Waals surface area contributed by atoms with Crippen LogP contribution >= 0.6 is 11.3 Å². The van der Waals surface area contributed by atoms with Gasteiger partial charge in [0.25, 0.3) is 0 Å². The molecular formula is C19H19N3O2S. The maximum Gasteiger partial charge on any atom is 0.350 e. The Labute approximate surface area is 150 Å². The second-order valence-electron chi connectivity index (χ2n) is 6.23. The van der Waals surface area contributed by atoms with Crippen molar-refractivity contribution in [1.29, 1.82) is 0 Å². The molecule has 5 nitrogen and oxygen atoms in total. The Balaban J connectivity index is 1.64. The first-order chi connectivity index (χ1) is 12.2. The third-order valence-corrected chi connectivity index (χ3v) is 5.66. The van der Waals surface area contributed by atoms with Crippen LogP contribution in [0.2, 0.25) is 0 Å². The predicted molar refractivity (Wildman–Crippen MR) is 99.6 cm³/mol. The van der Waals surface area contributed by atoms with E-state index >= 15 is 0 Å². The van der Waals surface area contributed by atoms with Crippen LogP contribution in [0.4, 0.5) is 5.69 Å². The predicted octanol–water partition coefficient (Wildman–Crippen LogP) is 3.22. The summed E-state index contributed by atoms with van der Waals surface area (Å²) in [4.78, 5) is 20.3. The molecule has 2 N–H and O–H groups in total. The van der Waals surface area contributed by atoms with E-state index < -0.39 is 5.97 Å². The number of anilines is 1. The van der Waals surface area contributed by atoms with Gasteiger partial charge in [-0.3, -0.25) is 4.90 Å². The summed E-state index contributed by atoms with van der Waals surface area (Å²) in [5.41, 5.74) is 10.2. The molecule has 0 bridgehead atoms. The Bertz CT molecular complexity index is 937. The van der Waals surface area contributed by atoms with Crippen molar-refractivity contribution in [3.8, 4) is 0 Å². The van der Waals surface area contributed by atoms with Gasteiger partial charge in [-0.25, -0.2) is 9.78 Å². The number of nitrogens with zero attached hydrogens (tertiary/aromatic N) is 2. The number of pyridine rings is 1. The average Bonchev–Trinajstić information content (AvgIpc) is 2.96. The first kappa shape index (κ1) is 16.1. The van der Waals surface area contributed by atoms with Crippen LogP contribution in [0.25, 0.3) is 10.2 Å². The van der Waals surface area contributed by atoms with E-state index in [0.717, 1.165) is 42.0 Å². The van der Waals surface area contributed by atoms with Gasteiger partial charge in [-0.1, -0.05) is 30.3 Å². The molecule has 1 aliphatic heterocycles. The molecule has 0 radical (unpaired) electrons. The van der Waals surface area contributed by atoms with Crippen LogP contribution in [0, 0.1) is 0 Å². The fourth-order valence-electron chi connectivity index (χ4n) is 3.28. The number of nitrogen functional groups attached to an aromatic ring is 1. The maximum atomic E-state index is 11.9. The van der Waals surface area contributed by atoms with Crippen molar-refractivity contribution in [3.05, 3.63) is 58.1 Å². The van der Waals surface area contributed by atoms with Crippen LogP contribution in [-0.2, 0) is 24.2 Å². The molecule has 1 aliphatic rings. The number of esters is 1. The summed E-state index contributed by atoms with van der Waals surface area (Å²) in [7, 11) is 1.37. The van der Waals surface area contributed by atoms with Crippen LogP contribution in [0.15, 0.2) is 36.4 Å². The molecule has 0 saturated heterocycles. The Morgan fingerprint density at radius 3 is 2.92 bits per heavy atom. The summed E-state index contributed by atoms with van der Waals surface area (Å²) < 4.78 is 4.81. The number of aromatic nitrogens is 1. The number of hydrogen-bond acceptors (Lipinski definition) is 6. The van der Waals surface area contributed by atoms with E-state index in [1.54, 1.807) is 0 Å². The number of methoxy groups -OCH3 is 1. The summed E-state index contributed by atoms with van der Waals surface area (Å²) in [6.45, 7) is 2.74. The molecule has 0 unspecified atom stereocenters. The Morgan fingerprint density at radius 2 is 2.16 bits per heavy atom. The van der Waals surface area contributed by atoms with Gasteiger partial charge in [0.05, 0.1) is 12.8 Å². The van der Waals surface area contributed by atoms with Crippen molar-refractivity contribution in [3.63, 3.8) is 0 Å². The zero-order valence-electron chi connectivity index (χ0n) is 14.0. The molecule has 6 heteroatoms. The lowest BCUT2D eigenvalue weighted by atomic mass is 10.0. The lowest BCUT2D eigenvalue weighted by Gasteiger charge is -2.28. The number of nitrogens with two attached hydrogens (primary N) is 1. The van der Waals surface area contributed by atoms with Gasteiger partial charge < -0.3 is 10.5 Å². The molecule has 0 atom stereocenters. The largest absolute Gasteiger partial charge is 0.465 e. The van der Waals surface area contributed by atoms with Crippen LogP contribution < -0.4 is 5.73 Å². The van der Waals surface area contributed by atoms with Gasteiger partial charge in [-0.2, -0.15) is 0 Å². The lowest BCUT2D eigenvalue weighted by Crippen LogP contribution is -2.30. The highest BCUT2D eigenvalue weighted by Gasteiger charge is 2.23. The van der Waals surface area contributed by atoms with Crippen LogP contribution in [0.3, 0.4) is 0 Å². The molecule has 128 valence electrons. The van der Waals surface area contributed by atoms with Gasteiger partial charge in [0.1, 0.15) is 9.71 Å². The van der Waals surface area contributed by atoms with E-state index in [4.69, 9.17) is 15.5 Å². The zero-order chi connectivity index (χ0) is 17.4. The van der Waals surface area contributed by atoms with Crippen LogP contribution in [-0.4, -0.2) is 29.5 Å². The quantitative estimate of drug-likeness (QED) is 0.732. The normalized spacial score (nSPS) is 14.4. The molecule has 3 aromatic rings. The molecule has 4 rings (SSSR count). The fraction of sp³-hybridized carbons (Fsp3) is 0.263. The van der Waals surface area contributed by atoms with E-state index in [1.807, 2.05) is 6.07 Å². The Kier molecular flexibility index (Phi) is 4.15. The standard InChI is InChI=1S/C19H19N3O2S/c1-24-19(23)17-16(20)14-9-13-11-22(10-12-5-3-2-4-6-12)8-7-15(13)21-18(14)25-17/h2-6,9H,7-8,10-11,20H2,1H3. The monoisotopic (exact) mass is 353 g/mol. The molecule has 0 fully saturated rings. The average molecular weight is 353 g/mol. The number of rotatable bonds is 3. The number of benzene rings is 1. The Morgan fingerprint density at radius 1 is 1.36 bits per heavy atom. The number of carbonyl (C=O) groups is 1. The van der Waals surface area contributed by atoms with Gasteiger partial charge in [0, 0.05) is 37.1 Å². The second kappa shape index (κ2) is 6.46. The van der Waals surface area contributed by atoms with E-state index in [0.29, 0.717) is 10.6 Å². The van der Waals surface area contributed by atoms with E-state index in [1.165, 1.54) is 29.6 Å². The zero-order valence-corrected chi connectivity index (χ0v) is 14.8. The molecule has 0 aliphatic carbocycles. The summed E-state index contributed by atoms with van der Waals surface area (Å²) in [6, 6.07) is 12.6. The van der Waals surface area contributed by atoms with Gasteiger partial charge in [0.15, 0.2) is 0 Å². The molecule has 0 amide bonds. The maximum absolute atomic E-state index is 11.9. The van der Waals surface area contributed by atoms with Crippen molar-refractivity contribution in [1.82, 2.24) is 9.88 Å². The van der Waals surface area contributed by atoms with Crippen LogP contribution in [0.5, 0.6) is 0 Å². The molecule has 25 heavy (non-hydrogen) atoms. The molecule has 0 saturated carbocycles. The third kappa shape index (κ3) is 2.99. The van der Waals surface area contributed by atoms with Crippen molar-refractivity contribution in [2.45, 2.75) is 19.5 Å². The van der Waals surface area contributed by atoms with E-state index in [9.17, 15) is 4.79 Å². The van der Waals surface area contributed by atoms with Gasteiger partial charge in [0.2, 0.25) is 0 Å². The minimum absolute atomic E-state index is 0.399. The smallest absolute Gasteiger partial charge is 0.350 e. The summed E-state index contributed by atoms with van der Waals surface area (Å²) >= 11 is 1.31. The highest BCUT2D eigenvalue weighted by atomic mass is 32.1. The highest BCUT2D eigenvalue weighted by molar-refractivity contribution is 7.21. The molecule has 3 heterocycles. The van der Waals surface area contributed by atoms with Crippen LogP contribution in [0.1, 0.15) is 26.5 Å². The Hall–Kier alpha value is -2.44. The lowest BCUT2D eigenvalue weighted by molar-refractivity contribution is 0.0607. The first-order valence-corrected chi connectivity index (χ1v) is 9.02. The highest BCUT2D eigenvalue weighted by Crippen LogP contribution is 2.35.